The number of hydrogen-bond acceptors (Lipinski definition) is 3. The highest BCUT2D eigenvalue weighted by Gasteiger charge is 2.13. The van der Waals surface area contributed by atoms with Crippen LogP contribution in [0.3, 0.4) is 0 Å². The number of halogens is 2. The van der Waals surface area contributed by atoms with Crippen LogP contribution in [0, 0.1) is 5.82 Å². The van der Waals surface area contributed by atoms with Crippen LogP contribution < -0.4 is 5.32 Å². The van der Waals surface area contributed by atoms with Crippen molar-refractivity contribution >= 4 is 15.9 Å². The summed E-state index contributed by atoms with van der Waals surface area (Å²) in [5.74, 6) is 0.0999. The standard InChI is InChI=1S/C14H16BrFN2O/c1-14(2,3)17-7-10-8-19-13(18-10)11-6-9(16)4-5-12(11)15/h4-6,8,17H,7H2,1-3H3. The Kier molecular flexibility index (Phi) is 4.06. The van der Waals surface area contributed by atoms with Gasteiger partial charge >= 0.3 is 0 Å². The number of oxazole rings is 1. The van der Waals surface area contributed by atoms with Crippen molar-refractivity contribution in [1.29, 1.82) is 0 Å². The predicted octanol–water partition coefficient (Wildman–Crippen LogP) is 4.13. The summed E-state index contributed by atoms with van der Waals surface area (Å²) in [6.07, 6.45) is 1.59. The van der Waals surface area contributed by atoms with Gasteiger partial charge in [0.1, 0.15) is 12.1 Å². The molecule has 0 radical (unpaired) electrons. The number of hydrogen-bond donors (Lipinski definition) is 1. The van der Waals surface area contributed by atoms with Gasteiger partial charge in [-0.15, -0.1) is 0 Å². The van der Waals surface area contributed by atoms with Crippen molar-refractivity contribution in [2.24, 2.45) is 0 Å². The molecule has 1 aromatic carbocycles. The third-order valence-corrected chi connectivity index (χ3v) is 3.20. The van der Waals surface area contributed by atoms with Gasteiger partial charge in [-0.2, -0.15) is 0 Å². The summed E-state index contributed by atoms with van der Waals surface area (Å²) in [7, 11) is 0. The van der Waals surface area contributed by atoms with Crippen molar-refractivity contribution in [3.63, 3.8) is 0 Å². The number of benzene rings is 1. The van der Waals surface area contributed by atoms with E-state index in [2.05, 4.69) is 47.0 Å². The van der Waals surface area contributed by atoms with Gasteiger partial charge in [-0.05, 0) is 54.9 Å². The molecule has 0 amide bonds. The van der Waals surface area contributed by atoms with E-state index in [9.17, 15) is 4.39 Å². The van der Waals surface area contributed by atoms with E-state index < -0.39 is 0 Å². The lowest BCUT2D eigenvalue weighted by Crippen LogP contribution is -2.35. The quantitative estimate of drug-likeness (QED) is 0.921. The van der Waals surface area contributed by atoms with Crippen LogP contribution in [0.25, 0.3) is 11.5 Å². The van der Waals surface area contributed by atoms with E-state index in [0.717, 1.165) is 10.2 Å². The summed E-state index contributed by atoms with van der Waals surface area (Å²) in [6, 6.07) is 4.43. The van der Waals surface area contributed by atoms with Gasteiger partial charge in [0, 0.05) is 16.6 Å². The van der Waals surface area contributed by atoms with Crippen LogP contribution in [0.2, 0.25) is 0 Å². The lowest BCUT2D eigenvalue weighted by atomic mass is 10.1. The summed E-state index contributed by atoms with van der Waals surface area (Å²) in [5.41, 5.74) is 1.42. The zero-order valence-electron chi connectivity index (χ0n) is 11.1. The van der Waals surface area contributed by atoms with Crippen LogP contribution in [0.5, 0.6) is 0 Å². The van der Waals surface area contributed by atoms with Gasteiger partial charge in [-0.1, -0.05) is 0 Å². The summed E-state index contributed by atoms with van der Waals surface area (Å²) in [4.78, 5) is 4.36. The Labute approximate surface area is 120 Å². The van der Waals surface area contributed by atoms with Gasteiger partial charge in [0.05, 0.1) is 11.3 Å². The van der Waals surface area contributed by atoms with Crippen LogP contribution in [-0.2, 0) is 6.54 Å². The normalized spacial score (nSPS) is 11.8. The van der Waals surface area contributed by atoms with E-state index >= 15 is 0 Å². The molecule has 0 spiro atoms. The molecule has 1 N–H and O–H groups in total. The first-order chi connectivity index (χ1) is 8.85. The Balaban J connectivity index is 2.19. The van der Waals surface area contributed by atoms with Crippen LogP contribution in [0.1, 0.15) is 26.5 Å². The minimum absolute atomic E-state index is 0.0125. The van der Waals surface area contributed by atoms with Crippen molar-refractivity contribution in [3.8, 4) is 11.5 Å². The van der Waals surface area contributed by atoms with Crippen molar-refractivity contribution in [1.82, 2.24) is 10.3 Å². The van der Waals surface area contributed by atoms with Gasteiger partial charge in [0.25, 0.3) is 0 Å². The Bertz CT molecular complexity index is 575. The predicted molar refractivity (Wildman–Crippen MR) is 76.2 cm³/mol. The average molecular weight is 327 g/mol. The highest BCUT2D eigenvalue weighted by atomic mass is 79.9. The Morgan fingerprint density at radius 1 is 1.37 bits per heavy atom. The molecule has 0 saturated heterocycles. The fourth-order valence-corrected chi connectivity index (χ4v) is 1.95. The minimum atomic E-state index is -0.314. The maximum Gasteiger partial charge on any atom is 0.227 e. The van der Waals surface area contributed by atoms with E-state index in [1.807, 2.05) is 0 Å². The molecule has 5 heteroatoms. The number of rotatable bonds is 3. The summed E-state index contributed by atoms with van der Waals surface area (Å²) < 4.78 is 19.4. The highest BCUT2D eigenvalue weighted by molar-refractivity contribution is 9.10. The van der Waals surface area contributed by atoms with E-state index in [1.54, 1.807) is 12.3 Å². The lowest BCUT2D eigenvalue weighted by molar-refractivity contribution is 0.421. The molecular weight excluding hydrogens is 311 g/mol. The van der Waals surface area contributed by atoms with Gasteiger partial charge in [-0.25, -0.2) is 9.37 Å². The van der Waals surface area contributed by atoms with E-state index in [4.69, 9.17) is 4.42 Å². The minimum Gasteiger partial charge on any atom is -0.444 e. The molecule has 3 nitrogen and oxygen atoms in total. The van der Waals surface area contributed by atoms with Crippen LogP contribution in [0.4, 0.5) is 4.39 Å². The number of aromatic nitrogens is 1. The van der Waals surface area contributed by atoms with Crippen LogP contribution >= 0.6 is 15.9 Å². The van der Waals surface area contributed by atoms with E-state index in [0.29, 0.717) is 18.0 Å². The van der Waals surface area contributed by atoms with E-state index in [1.165, 1.54) is 12.1 Å². The third-order valence-electron chi connectivity index (χ3n) is 2.51. The number of nitrogens with zero attached hydrogens (tertiary/aromatic N) is 1. The van der Waals surface area contributed by atoms with Gasteiger partial charge in [0.15, 0.2) is 0 Å². The Hall–Kier alpha value is -1.20. The van der Waals surface area contributed by atoms with Gasteiger partial charge < -0.3 is 9.73 Å². The third kappa shape index (κ3) is 3.88. The van der Waals surface area contributed by atoms with E-state index in [-0.39, 0.29) is 11.4 Å². The molecule has 1 aromatic heterocycles. The molecule has 0 aliphatic carbocycles. The topological polar surface area (TPSA) is 38.1 Å². The second kappa shape index (κ2) is 5.43. The van der Waals surface area contributed by atoms with Crippen LogP contribution in [0.15, 0.2) is 33.4 Å². The molecule has 102 valence electrons. The molecule has 0 aliphatic heterocycles. The smallest absolute Gasteiger partial charge is 0.227 e. The Morgan fingerprint density at radius 2 is 2.11 bits per heavy atom. The summed E-state index contributed by atoms with van der Waals surface area (Å²) in [6.45, 7) is 6.85. The van der Waals surface area contributed by atoms with Gasteiger partial charge in [0.2, 0.25) is 5.89 Å². The second-order valence-corrected chi connectivity index (χ2v) is 6.23. The summed E-state index contributed by atoms with van der Waals surface area (Å²) >= 11 is 3.36. The first-order valence-electron chi connectivity index (χ1n) is 6.00. The van der Waals surface area contributed by atoms with Crippen molar-refractivity contribution < 1.29 is 8.81 Å². The molecule has 0 unspecified atom stereocenters. The molecule has 0 atom stereocenters. The highest BCUT2D eigenvalue weighted by Crippen LogP contribution is 2.28. The molecule has 2 aromatic rings. The number of nitrogens with one attached hydrogen (secondary N) is 1. The van der Waals surface area contributed by atoms with Crippen molar-refractivity contribution in [2.75, 3.05) is 0 Å². The molecule has 0 bridgehead atoms. The molecule has 1 heterocycles. The Morgan fingerprint density at radius 3 is 2.79 bits per heavy atom. The fourth-order valence-electron chi connectivity index (χ4n) is 1.53. The lowest BCUT2D eigenvalue weighted by Gasteiger charge is -2.19. The molecule has 0 aliphatic rings. The van der Waals surface area contributed by atoms with Crippen molar-refractivity contribution in [2.45, 2.75) is 32.9 Å². The molecule has 0 fully saturated rings. The SMILES string of the molecule is CC(C)(C)NCc1coc(-c2cc(F)ccc2Br)n1. The summed E-state index contributed by atoms with van der Waals surface area (Å²) in [5, 5.41) is 3.32. The first kappa shape index (κ1) is 14.2. The average Bonchev–Trinajstić information content (AvgIpc) is 2.77. The molecule has 2 rings (SSSR count). The maximum absolute atomic E-state index is 13.2. The second-order valence-electron chi connectivity index (χ2n) is 5.37. The van der Waals surface area contributed by atoms with Crippen LogP contribution in [-0.4, -0.2) is 10.5 Å². The monoisotopic (exact) mass is 326 g/mol. The maximum atomic E-state index is 13.2. The largest absolute Gasteiger partial charge is 0.444 e. The van der Waals surface area contributed by atoms with Crippen molar-refractivity contribution in [3.05, 3.63) is 40.4 Å². The fraction of sp³-hybridized carbons (Fsp3) is 0.357. The zero-order valence-corrected chi connectivity index (χ0v) is 12.7. The van der Waals surface area contributed by atoms with Gasteiger partial charge in [-0.3, -0.25) is 0 Å². The first-order valence-corrected chi connectivity index (χ1v) is 6.79. The molecule has 19 heavy (non-hydrogen) atoms. The molecule has 0 saturated carbocycles. The zero-order chi connectivity index (χ0) is 14.0. The molecular formula is C14H16BrFN2O.